The first-order chi connectivity index (χ1) is 62.5. The smallest absolute Gasteiger partial charge is 0.392 e. The van der Waals surface area contributed by atoms with Crippen molar-refractivity contribution in [2.45, 2.75) is 35.1 Å². The molecule has 34 nitrogen and oxygen atoms in total. The van der Waals surface area contributed by atoms with Crippen molar-refractivity contribution in [1.29, 1.82) is 0 Å². The molecule has 0 aliphatic rings. The molecule has 0 unspecified atom stereocenters. The number of ether oxygens (including phenoxy) is 11. The fourth-order valence-corrected chi connectivity index (χ4v) is 12.8. The number of rotatable bonds is 29. The van der Waals surface area contributed by atoms with Crippen LogP contribution in [0.4, 0.5) is 0 Å². The number of carboxylic acid groups (broad SMARTS) is 2. The van der Waals surface area contributed by atoms with Crippen molar-refractivity contribution in [2.75, 3.05) is 85.3 Å². The Morgan fingerprint density at radius 1 is 0.356 bits per heavy atom. The topological polar surface area (TPSA) is 509 Å². The lowest BCUT2D eigenvalue weighted by Gasteiger charge is -2.15. The van der Waals surface area contributed by atoms with Crippen LogP contribution in [0.5, 0.6) is 63.2 Å². The van der Waals surface area contributed by atoms with Gasteiger partial charge in [-0.3, -0.25) is 38.4 Å². The predicted molar refractivity (Wildman–Crippen MR) is 486 cm³/mol. The van der Waals surface area contributed by atoms with Crippen LogP contribution in [0.1, 0.15) is 189 Å². The van der Waals surface area contributed by atoms with Gasteiger partial charge in [-0.1, -0.05) is 114 Å². The quantitative estimate of drug-likeness (QED) is 0.00525. The molecular formula is C97H97ClN5O29+. The maximum absolute atomic E-state index is 13.4. The largest absolute Gasteiger partial charge is 0.870 e. The number of carbonyl (C=O) groups excluding carboxylic acids is 8. The van der Waals surface area contributed by atoms with Crippen molar-refractivity contribution in [3.8, 4) is 75.4 Å². The van der Waals surface area contributed by atoms with Gasteiger partial charge in [0.25, 0.3) is 0 Å². The number of aldehydes is 2. The van der Waals surface area contributed by atoms with Crippen LogP contribution in [-0.2, 0) is 0 Å². The van der Waals surface area contributed by atoms with Crippen molar-refractivity contribution in [3.05, 3.63) is 327 Å². The molecule has 0 aromatic heterocycles. The maximum atomic E-state index is 13.4. The van der Waals surface area contributed by atoms with E-state index in [-0.39, 0.29) is 142 Å². The third-order valence-corrected chi connectivity index (χ3v) is 19.0. The molecule has 0 atom stereocenters. The Morgan fingerprint density at radius 3 is 0.962 bits per heavy atom. The summed E-state index contributed by atoms with van der Waals surface area (Å²) < 4.78 is 58.5. The number of hydrogen-bond acceptors (Lipinski definition) is 30. The van der Waals surface area contributed by atoms with Gasteiger partial charge < -0.3 is 88.5 Å². The molecule has 0 fully saturated rings. The molecule has 11 rings (SSSR count). The third kappa shape index (κ3) is 26.5. The first-order valence-corrected chi connectivity index (χ1v) is 38.3. The first kappa shape index (κ1) is 110. The lowest BCUT2D eigenvalue weighted by molar-refractivity contribution is -0.0911. The molecule has 0 bridgehead atoms. The summed E-state index contributed by atoms with van der Waals surface area (Å²) in [6.07, 6.45) is 3.71. The monoisotopic (exact) mass is 1830 g/mol. The van der Waals surface area contributed by atoms with E-state index < -0.39 is 29.3 Å². The number of aliphatic hydroxyl groups excluding tert-OH is 1. The Kier molecular flexibility index (Phi) is 45.2. The molecule has 35 heteroatoms. The summed E-state index contributed by atoms with van der Waals surface area (Å²) in [5, 5.41) is 74.6. The Morgan fingerprint density at radius 2 is 0.629 bits per heavy atom. The summed E-state index contributed by atoms with van der Waals surface area (Å²) in [7, 11) is 16.8. The van der Waals surface area contributed by atoms with Gasteiger partial charge in [0, 0.05) is 57.8 Å². The minimum absolute atomic E-state index is 0. The zero-order chi connectivity index (χ0) is 96.6. The van der Waals surface area contributed by atoms with Crippen LogP contribution >= 0.6 is 11.8 Å². The second kappa shape index (κ2) is 54.4. The minimum atomic E-state index is -1.13. The number of aliphatic hydroxyl groups is 1. The highest BCUT2D eigenvalue weighted by Crippen LogP contribution is 2.40. The van der Waals surface area contributed by atoms with Crippen molar-refractivity contribution < 1.29 is 147 Å². The van der Waals surface area contributed by atoms with Gasteiger partial charge in [0.05, 0.1) is 152 Å². The highest BCUT2D eigenvalue weighted by atomic mass is 35.5. The van der Waals surface area contributed by atoms with Crippen molar-refractivity contribution in [1.82, 2.24) is 5.00 Å². The summed E-state index contributed by atoms with van der Waals surface area (Å²) in [5.41, 5.74) is 8.23. The molecule has 0 aliphatic carbocycles. The van der Waals surface area contributed by atoms with E-state index in [9.17, 15) is 47.9 Å². The predicted octanol–water partition coefficient (Wildman–Crippen LogP) is 14.2. The van der Waals surface area contributed by atoms with E-state index in [1.165, 1.54) is 143 Å². The number of oxime groups is 2. The summed E-state index contributed by atoms with van der Waals surface area (Å²) >= 11 is 4.30. The average molecular weight is 1830 g/mol. The second-order valence-electron chi connectivity index (χ2n) is 26.2. The number of aromatic carboxylic acids is 2. The van der Waals surface area contributed by atoms with Gasteiger partial charge in [-0.15, -0.1) is 5.00 Å². The highest BCUT2D eigenvalue weighted by Gasteiger charge is 2.30. The molecule has 11 aromatic carbocycles. The number of nitrogens with one attached hydrogen (secondary N) is 2. The second-order valence-corrected chi connectivity index (χ2v) is 26.4. The van der Waals surface area contributed by atoms with Gasteiger partial charge in [0.15, 0.2) is 81.4 Å². The summed E-state index contributed by atoms with van der Waals surface area (Å²) in [5.74, 6) is -1.22. The van der Waals surface area contributed by atoms with Crippen LogP contribution in [0.3, 0.4) is 0 Å². The Balaban J connectivity index is 0.000000441. The normalized spacial score (nSPS) is 9.86. The van der Waals surface area contributed by atoms with Gasteiger partial charge in [-0.05, 0) is 147 Å². The average Bonchev–Trinajstić information content (AvgIpc) is 0.794. The summed E-state index contributed by atoms with van der Waals surface area (Å²) in [6.45, 7) is 7.30. The van der Waals surface area contributed by atoms with E-state index >= 15 is 0 Å². The van der Waals surface area contributed by atoms with Crippen LogP contribution < -0.4 is 62.4 Å². The van der Waals surface area contributed by atoms with E-state index in [1.54, 1.807) is 130 Å². The lowest BCUT2D eigenvalue weighted by atomic mass is 9.94. The number of carbonyl (C=O) groups is 10. The molecule has 0 heterocycles. The van der Waals surface area contributed by atoms with Gasteiger partial charge in [-0.25, -0.2) is 9.59 Å². The van der Waals surface area contributed by atoms with Crippen molar-refractivity contribution in [3.63, 3.8) is 0 Å². The van der Waals surface area contributed by atoms with Crippen LogP contribution in [0, 0.1) is 39.8 Å². The van der Waals surface area contributed by atoms with E-state index in [1.807, 2.05) is 26.0 Å². The Labute approximate surface area is 764 Å². The number of methoxy groups -OCH3 is 11. The molecule has 132 heavy (non-hydrogen) atoms. The van der Waals surface area contributed by atoms with E-state index in [4.69, 9.17) is 93.5 Å². The molecule has 10 N–H and O–H groups in total. The third-order valence-electron chi connectivity index (χ3n) is 19.0. The van der Waals surface area contributed by atoms with Crippen LogP contribution in [0.25, 0.3) is 5.01 Å². The zero-order valence-corrected chi connectivity index (χ0v) is 74.3. The minimum Gasteiger partial charge on any atom is -0.870 e. The standard InChI is InChI=1S/C26H24N2O7.C26H20N2O6.C26H24O7.C9H10O2.C8H6O4.CH4O.CH4.ClH2NO.H2O/c1-15-8-9-18(25(34-3)20(15)13-27-31)23(29)16-6-5-7-17(12-16)24(30)19-10-11-22(33-2)21(14-28-32)26(19)35-4;1-15-8-9-18(26(34-4)21(15)14-28-31)23(29)16-6-5-7-17(12-16)24(30)19-10-11-22(32-2)20(13-27)25(19)33-3;1-15-9-10-19(26(33-5)24(15)31-3)23(29)17-8-6-7-16(13-17)22(28)18-11-12-21(30-2)20(14-27)25(18)32-4;1-7-4-3-5-9(11-2)8(7)6-10;9-7(10)5-2-1-3-6(4-5)8(11)12;1-2;;1-2-3;/h5-14,31-32H,1-4H3;5-12H,1-4H3;6-14H,1-5H3;3-6H,1-2H3;1-4H,(H,9,10)(H,11,12);2H,1H3;1H4;2-3H;1H2/p+1/b27-13+,28-14+;;;;;;;;. The zero-order valence-electron chi connectivity index (χ0n) is 73.6. The number of carboxylic acids is 2. The van der Waals surface area contributed by atoms with E-state index in [0.717, 1.165) is 42.4 Å². The highest BCUT2D eigenvalue weighted by molar-refractivity contribution is 6.19. The molecule has 0 radical (unpaired) electrons. The van der Waals surface area contributed by atoms with Crippen molar-refractivity contribution in [2.24, 2.45) is 10.3 Å². The number of ketones is 6. The lowest BCUT2D eigenvalue weighted by Crippen LogP contribution is -2.18. The Hall–Kier alpha value is -16.6. The summed E-state index contributed by atoms with van der Waals surface area (Å²) in [4.78, 5) is 124. The molecule has 690 valence electrons. The molecular weight excluding hydrogens is 1730 g/mol. The van der Waals surface area contributed by atoms with Crippen molar-refractivity contribution >= 4 is 83.4 Å². The molecule has 0 spiro atoms. The van der Waals surface area contributed by atoms with Crippen LogP contribution in [-0.4, -0.2) is 199 Å². The number of benzene rings is 11. The molecule has 0 saturated heterocycles. The number of hydrogen-bond donors (Lipinski definition) is 9. The Bertz CT molecular complexity index is 6140. The molecule has 11 aromatic rings. The molecule has 0 amide bonds. The SMILES string of the molecule is C.CO.COc1ccc(C(=O)c2cccc(C(=O)c3ccc(C)c(/C=N/O)c3OC)c2)c(OC)c1/C=N/O.COc1ccc(C(=O)c2cccc(C(=O)c3ccc(C)c(C#[N+]O)c3OC)c2)c(OC)c1C#[NH+].COc1ccc(C(=O)c2cccc(C(=O)c3ccc(C)c(OC)c3OC)c2)c(OC)c1C=O.COc1cccc(C)c1C=O.O=C(O)c1cccc(C(=O)O)c1.ONCl.[OH-]. The number of aryl methyl sites for hydroxylation is 4. The summed E-state index contributed by atoms with van der Waals surface area (Å²) in [6, 6.07) is 53.5. The number of nitrogens with zero attached hydrogens (tertiary/aromatic N) is 3. The molecule has 0 aliphatic heterocycles. The fraction of sp³-hybridized carbons (Fsp3) is 0.175. The fourth-order valence-electron chi connectivity index (χ4n) is 12.8. The molecule has 0 saturated carbocycles. The van der Waals surface area contributed by atoms with Gasteiger partial charge >= 0.3 is 24.1 Å². The van der Waals surface area contributed by atoms with Crippen LogP contribution in [0.2, 0.25) is 0 Å². The van der Waals surface area contributed by atoms with E-state index in [2.05, 4.69) is 39.2 Å². The first-order valence-electron chi connectivity index (χ1n) is 37.9. The number of halogens is 1. The maximum Gasteiger partial charge on any atom is 0.392 e. The van der Waals surface area contributed by atoms with Gasteiger partial charge in [-0.2, -0.15) is 5.21 Å². The van der Waals surface area contributed by atoms with Crippen LogP contribution in [0.15, 0.2) is 198 Å². The van der Waals surface area contributed by atoms with Gasteiger partial charge in [0.1, 0.15) is 40.2 Å². The van der Waals surface area contributed by atoms with E-state index in [0.29, 0.717) is 74.2 Å². The van der Waals surface area contributed by atoms with Gasteiger partial charge in [0.2, 0.25) is 5.01 Å².